The van der Waals surface area contributed by atoms with Gasteiger partial charge in [0, 0.05) is 5.56 Å². The van der Waals surface area contributed by atoms with Crippen molar-refractivity contribution in [1.29, 1.82) is 0 Å². The van der Waals surface area contributed by atoms with Gasteiger partial charge < -0.3 is 14.5 Å². The normalized spacial score (nSPS) is 11.6. The van der Waals surface area contributed by atoms with E-state index in [1.807, 2.05) is 30.3 Å². The van der Waals surface area contributed by atoms with Gasteiger partial charge in [-0.2, -0.15) is 4.72 Å². The molecule has 0 bridgehead atoms. The van der Waals surface area contributed by atoms with Crippen molar-refractivity contribution in [2.45, 2.75) is 24.8 Å². The number of H-pyrrole nitrogens is 1. The lowest BCUT2D eigenvalue weighted by Crippen LogP contribution is -2.48. The van der Waals surface area contributed by atoms with Crippen molar-refractivity contribution < 1.29 is 27.5 Å². The summed E-state index contributed by atoms with van der Waals surface area (Å²) in [4.78, 5) is 31.5. The molecule has 10 heteroatoms. The number of sulfonamides is 1. The SMILES string of the molecule is CCOC(=O)C(NS(=O)(=O)c1ccc2nc(-c3ccccc3)[nH]c2c1)C(=O)OCC. The first-order valence-corrected chi connectivity index (χ1v) is 10.7. The average molecular weight is 431 g/mol. The first-order chi connectivity index (χ1) is 14.4. The summed E-state index contributed by atoms with van der Waals surface area (Å²) in [6, 6.07) is 11.8. The zero-order valence-electron chi connectivity index (χ0n) is 16.4. The summed E-state index contributed by atoms with van der Waals surface area (Å²) >= 11 is 0. The molecule has 158 valence electrons. The third kappa shape index (κ3) is 4.66. The molecule has 0 radical (unpaired) electrons. The fourth-order valence-electron chi connectivity index (χ4n) is 2.76. The maximum Gasteiger partial charge on any atom is 0.335 e. The number of nitrogens with zero attached hydrogens (tertiary/aromatic N) is 1. The van der Waals surface area contributed by atoms with Crippen LogP contribution in [0.4, 0.5) is 0 Å². The third-order valence-electron chi connectivity index (χ3n) is 4.13. The minimum absolute atomic E-state index is 0.0150. The van der Waals surface area contributed by atoms with E-state index in [0.717, 1.165) is 5.56 Å². The van der Waals surface area contributed by atoms with E-state index in [1.54, 1.807) is 13.8 Å². The highest BCUT2D eigenvalue weighted by atomic mass is 32.2. The Balaban J connectivity index is 1.92. The molecule has 0 atom stereocenters. The van der Waals surface area contributed by atoms with E-state index >= 15 is 0 Å². The van der Waals surface area contributed by atoms with Crippen LogP contribution >= 0.6 is 0 Å². The largest absolute Gasteiger partial charge is 0.464 e. The molecule has 3 aromatic rings. The predicted molar refractivity (Wildman–Crippen MR) is 109 cm³/mol. The number of carbonyl (C=O) groups excluding carboxylic acids is 2. The van der Waals surface area contributed by atoms with Crippen LogP contribution < -0.4 is 4.72 Å². The van der Waals surface area contributed by atoms with Crippen LogP contribution in [0.25, 0.3) is 22.4 Å². The molecular formula is C20H21N3O6S. The lowest BCUT2D eigenvalue weighted by molar-refractivity contribution is -0.157. The number of hydrogen-bond donors (Lipinski definition) is 2. The van der Waals surface area contributed by atoms with Crippen molar-refractivity contribution in [3.8, 4) is 11.4 Å². The number of aromatic nitrogens is 2. The zero-order valence-corrected chi connectivity index (χ0v) is 17.2. The maximum absolute atomic E-state index is 12.8. The first-order valence-electron chi connectivity index (χ1n) is 9.26. The van der Waals surface area contributed by atoms with Crippen molar-refractivity contribution in [3.05, 3.63) is 48.5 Å². The van der Waals surface area contributed by atoms with E-state index < -0.39 is 28.0 Å². The van der Waals surface area contributed by atoms with Gasteiger partial charge in [0.25, 0.3) is 0 Å². The molecule has 0 aliphatic carbocycles. The molecule has 0 saturated carbocycles. The van der Waals surface area contributed by atoms with Crippen LogP contribution in [0.3, 0.4) is 0 Å². The molecule has 0 spiro atoms. The molecule has 1 aromatic heterocycles. The molecule has 0 amide bonds. The van der Waals surface area contributed by atoms with Gasteiger partial charge in [-0.05, 0) is 32.0 Å². The summed E-state index contributed by atoms with van der Waals surface area (Å²) in [6.07, 6.45) is 0. The van der Waals surface area contributed by atoms with Crippen LogP contribution in [0, 0.1) is 0 Å². The van der Waals surface area contributed by atoms with Crippen molar-refractivity contribution in [2.75, 3.05) is 13.2 Å². The Labute approximate surface area is 173 Å². The maximum atomic E-state index is 12.8. The zero-order chi connectivity index (χ0) is 21.7. The number of benzene rings is 2. The highest BCUT2D eigenvalue weighted by Gasteiger charge is 2.34. The average Bonchev–Trinajstić information content (AvgIpc) is 3.16. The number of nitrogens with one attached hydrogen (secondary N) is 2. The number of fused-ring (bicyclic) bond motifs is 1. The number of carbonyl (C=O) groups is 2. The molecule has 30 heavy (non-hydrogen) atoms. The van der Waals surface area contributed by atoms with Crippen molar-refractivity contribution in [1.82, 2.24) is 14.7 Å². The predicted octanol–water partition coefficient (Wildman–Crippen LogP) is 2.00. The first kappa shape index (κ1) is 21.5. The molecule has 1 heterocycles. The van der Waals surface area contributed by atoms with Crippen molar-refractivity contribution in [2.24, 2.45) is 0 Å². The molecule has 3 rings (SSSR count). The molecule has 2 aromatic carbocycles. The van der Waals surface area contributed by atoms with E-state index in [0.29, 0.717) is 16.9 Å². The quantitative estimate of drug-likeness (QED) is 0.412. The van der Waals surface area contributed by atoms with Crippen molar-refractivity contribution >= 4 is 33.0 Å². The van der Waals surface area contributed by atoms with Gasteiger partial charge in [-0.25, -0.2) is 23.0 Å². The van der Waals surface area contributed by atoms with Gasteiger partial charge in [-0.3, -0.25) is 0 Å². The lowest BCUT2D eigenvalue weighted by atomic mass is 10.2. The Hall–Kier alpha value is -3.24. The van der Waals surface area contributed by atoms with Gasteiger partial charge in [-0.1, -0.05) is 30.3 Å². The van der Waals surface area contributed by atoms with Crippen molar-refractivity contribution in [3.63, 3.8) is 0 Å². The summed E-state index contributed by atoms with van der Waals surface area (Å²) < 4.78 is 37.3. The molecule has 2 N–H and O–H groups in total. The van der Waals surface area contributed by atoms with Crippen LogP contribution in [0.5, 0.6) is 0 Å². The number of hydrogen-bond acceptors (Lipinski definition) is 7. The summed E-state index contributed by atoms with van der Waals surface area (Å²) in [5.74, 6) is -1.48. The van der Waals surface area contributed by atoms with Gasteiger partial charge in [0.1, 0.15) is 5.82 Å². The van der Waals surface area contributed by atoms with Gasteiger partial charge in [0.05, 0.1) is 29.1 Å². The van der Waals surface area contributed by atoms with Gasteiger partial charge in [-0.15, -0.1) is 0 Å². The third-order valence-corrected chi connectivity index (χ3v) is 5.55. The molecule has 0 aliphatic heterocycles. The number of esters is 2. The molecule has 9 nitrogen and oxygen atoms in total. The Kier molecular flexibility index (Phi) is 6.48. The van der Waals surface area contributed by atoms with Gasteiger partial charge >= 0.3 is 11.9 Å². The second kappa shape index (κ2) is 9.06. The Morgan fingerprint density at radius 1 is 1.03 bits per heavy atom. The summed E-state index contributed by atoms with van der Waals surface area (Å²) in [5.41, 5.74) is 1.90. The summed E-state index contributed by atoms with van der Waals surface area (Å²) in [7, 11) is -4.23. The standard InChI is InChI=1S/C20H21N3O6S/c1-3-28-19(24)17(20(25)29-4-2)23-30(26,27)14-10-11-15-16(12-14)22-18(21-15)13-8-6-5-7-9-13/h5-12,17,23H,3-4H2,1-2H3,(H,21,22). The second-order valence-electron chi connectivity index (χ2n) is 6.19. The minimum atomic E-state index is -4.23. The smallest absolute Gasteiger partial charge is 0.335 e. The molecular weight excluding hydrogens is 410 g/mol. The van der Waals surface area contributed by atoms with Gasteiger partial charge in [0.2, 0.25) is 16.1 Å². The molecule has 0 aliphatic rings. The van der Waals surface area contributed by atoms with Crippen LogP contribution in [-0.4, -0.2) is 49.6 Å². The lowest BCUT2D eigenvalue weighted by Gasteiger charge is -2.16. The van der Waals surface area contributed by atoms with Crippen LogP contribution in [-0.2, 0) is 29.1 Å². The number of imidazole rings is 1. The second-order valence-corrected chi connectivity index (χ2v) is 7.90. The minimum Gasteiger partial charge on any atom is -0.464 e. The summed E-state index contributed by atoms with van der Waals surface area (Å²) in [6.45, 7) is 3.06. The van der Waals surface area contributed by atoms with Gasteiger partial charge in [0.15, 0.2) is 0 Å². The van der Waals surface area contributed by atoms with E-state index in [2.05, 4.69) is 14.7 Å². The number of ether oxygens (including phenoxy) is 2. The topological polar surface area (TPSA) is 127 Å². The molecule has 0 unspecified atom stereocenters. The number of aromatic amines is 1. The van der Waals surface area contributed by atoms with E-state index in [1.165, 1.54) is 18.2 Å². The van der Waals surface area contributed by atoms with Crippen LogP contribution in [0.2, 0.25) is 0 Å². The Morgan fingerprint density at radius 2 is 1.67 bits per heavy atom. The fourth-order valence-corrected chi connectivity index (χ4v) is 3.91. The number of rotatable bonds is 8. The summed E-state index contributed by atoms with van der Waals surface area (Å²) in [5, 5.41) is 0. The molecule has 0 saturated heterocycles. The fraction of sp³-hybridized carbons (Fsp3) is 0.250. The monoisotopic (exact) mass is 431 g/mol. The van der Waals surface area contributed by atoms with E-state index in [4.69, 9.17) is 9.47 Å². The van der Waals surface area contributed by atoms with E-state index in [-0.39, 0.29) is 18.1 Å². The van der Waals surface area contributed by atoms with E-state index in [9.17, 15) is 18.0 Å². The van der Waals surface area contributed by atoms with Crippen LogP contribution in [0.1, 0.15) is 13.8 Å². The highest BCUT2D eigenvalue weighted by Crippen LogP contribution is 2.23. The highest BCUT2D eigenvalue weighted by molar-refractivity contribution is 7.89. The molecule has 0 fully saturated rings. The Bertz CT molecular complexity index is 1140. The van der Waals surface area contributed by atoms with Crippen LogP contribution in [0.15, 0.2) is 53.4 Å². The Morgan fingerprint density at radius 3 is 2.27 bits per heavy atom.